The van der Waals surface area contributed by atoms with Gasteiger partial charge in [0, 0.05) is 17.1 Å². The molecule has 0 aliphatic heterocycles. The van der Waals surface area contributed by atoms with Gasteiger partial charge >= 0.3 is 0 Å². The molecule has 1 saturated carbocycles. The number of rotatable bonds is 3. The number of nitrogens with two attached hydrogens (primary N) is 1. The fraction of sp³-hybridized carbons (Fsp3) is 0.300. The van der Waals surface area contributed by atoms with E-state index in [0.717, 1.165) is 16.7 Å². The van der Waals surface area contributed by atoms with Crippen molar-refractivity contribution >= 4 is 34.9 Å². The molecule has 0 unspecified atom stereocenters. The number of likely N-dealkylation sites (N-methyl/N-ethyl adjacent to an activating group) is 1. The van der Waals surface area contributed by atoms with Gasteiger partial charge < -0.3 is 36.4 Å². The summed E-state index contributed by atoms with van der Waals surface area (Å²) in [5, 5.41) is 68.5. The molecule has 11 nitrogen and oxygen atoms in total. The van der Waals surface area contributed by atoms with Gasteiger partial charge in [-0.3, -0.25) is 19.3 Å². The van der Waals surface area contributed by atoms with Crippen LogP contribution in [0.5, 0.6) is 5.75 Å². The summed E-state index contributed by atoms with van der Waals surface area (Å²) in [4.78, 5) is 40.6. The van der Waals surface area contributed by atoms with Gasteiger partial charge in [0.1, 0.15) is 22.8 Å². The van der Waals surface area contributed by atoms with Crippen LogP contribution >= 0.6 is 0 Å². The van der Waals surface area contributed by atoms with Crippen molar-refractivity contribution in [2.45, 2.75) is 30.3 Å². The summed E-state index contributed by atoms with van der Waals surface area (Å²) in [6, 6.07) is 9.17. The Hall–Kier alpha value is -4.29. The van der Waals surface area contributed by atoms with Gasteiger partial charge in [-0.2, -0.15) is 0 Å². The fourth-order valence-corrected chi connectivity index (χ4v) is 6.99. The van der Waals surface area contributed by atoms with Crippen molar-refractivity contribution in [2.75, 3.05) is 14.1 Å². The van der Waals surface area contributed by atoms with Crippen LogP contribution in [0.15, 0.2) is 53.3 Å². The van der Waals surface area contributed by atoms with E-state index in [1.807, 2.05) is 30.3 Å². The Balaban J connectivity index is 1.56. The van der Waals surface area contributed by atoms with E-state index in [4.69, 9.17) is 5.73 Å². The Kier molecular flexibility index (Phi) is 5.81. The van der Waals surface area contributed by atoms with E-state index in [9.17, 15) is 45.0 Å². The first-order chi connectivity index (χ1) is 19.3. The summed E-state index contributed by atoms with van der Waals surface area (Å²) < 4.78 is 0. The molecule has 212 valence electrons. The van der Waals surface area contributed by atoms with E-state index in [2.05, 4.69) is 0 Å². The Labute approximate surface area is 233 Å². The van der Waals surface area contributed by atoms with Gasteiger partial charge in [-0.25, -0.2) is 0 Å². The molecule has 4 aliphatic rings. The van der Waals surface area contributed by atoms with Crippen LogP contribution in [0.25, 0.3) is 17.4 Å². The average Bonchev–Trinajstić information content (AvgIpc) is 3.34. The number of aromatic hydroxyl groups is 1. The number of aliphatic hydroxyl groups is 5. The molecule has 0 saturated heterocycles. The van der Waals surface area contributed by atoms with Crippen molar-refractivity contribution < 1.29 is 45.0 Å². The van der Waals surface area contributed by atoms with Gasteiger partial charge in [-0.1, -0.05) is 42.5 Å². The van der Waals surface area contributed by atoms with Crippen LogP contribution in [0.2, 0.25) is 0 Å². The van der Waals surface area contributed by atoms with E-state index < -0.39 is 81.6 Å². The molecule has 6 atom stereocenters. The Morgan fingerprint density at radius 3 is 2.37 bits per heavy atom. The standard InChI is InChI=1S/C30H28N2O9/c1-32(2)21-20-25(36)17-18(27(38)30(20,41)28(39)19(26(21)37)29(31)40)24(35)16-15(23(17)34)8-7-14(22(16)33)13-9-11-5-3-4-6-12(11)10-13/h3-9,17,20-21,23,25,33-36,39,41H,10H2,1-2H3,(H2,31,40)/t17-,20+,21-,23-,25-,30-/m1/s1. The maximum absolute atomic E-state index is 14.0. The number of nitrogens with zero attached hydrogens (tertiary/aromatic N) is 1. The molecule has 1 amide bonds. The highest BCUT2D eigenvalue weighted by Crippen LogP contribution is 2.56. The van der Waals surface area contributed by atoms with Gasteiger partial charge in [0.15, 0.2) is 11.4 Å². The molecule has 0 spiro atoms. The summed E-state index contributed by atoms with van der Waals surface area (Å²) in [6.45, 7) is 0. The summed E-state index contributed by atoms with van der Waals surface area (Å²) in [6.07, 6.45) is -1.17. The second-order valence-electron chi connectivity index (χ2n) is 11.2. The van der Waals surface area contributed by atoms with Crippen LogP contribution in [0, 0.1) is 11.8 Å². The van der Waals surface area contributed by atoms with E-state index in [1.165, 1.54) is 25.1 Å². The molecule has 0 aromatic heterocycles. The molecule has 0 heterocycles. The Morgan fingerprint density at radius 1 is 1.05 bits per heavy atom. The average molecular weight is 561 g/mol. The van der Waals surface area contributed by atoms with Crippen LogP contribution in [0.1, 0.15) is 33.9 Å². The molecule has 11 heteroatoms. The molecule has 41 heavy (non-hydrogen) atoms. The number of carbonyl (C=O) groups excluding carboxylic acids is 3. The summed E-state index contributed by atoms with van der Waals surface area (Å²) in [7, 11) is 2.82. The predicted molar refractivity (Wildman–Crippen MR) is 145 cm³/mol. The molecule has 2 aromatic carbocycles. The fourth-order valence-electron chi connectivity index (χ4n) is 6.99. The first-order valence-electron chi connectivity index (χ1n) is 13.0. The van der Waals surface area contributed by atoms with Gasteiger partial charge in [-0.05, 0) is 42.8 Å². The molecule has 2 aromatic rings. The van der Waals surface area contributed by atoms with Crippen LogP contribution in [-0.4, -0.2) is 84.9 Å². The zero-order valence-electron chi connectivity index (χ0n) is 22.1. The minimum Gasteiger partial charge on any atom is -0.508 e. The lowest BCUT2D eigenvalue weighted by molar-refractivity contribution is -0.174. The number of amides is 1. The minimum absolute atomic E-state index is 0.0204. The summed E-state index contributed by atoms with van der Waals surface area (Å²) in [5.74, 6) is -9.61. The lowest BCUT2D eigenvalue weighted by atomic mass is 9.55. The van der Waals surface area contributed by atoms with E-state index in [-0.39, 0.29) is 11.1 Å². The summed E-state index contributed by atoms with van der Waals surface area (Å²) >= 11 is 0. The van der Waals surface area contributed by atoms with E-state index in [1.54, 1.807) is 6.07 Å². The third-order valence-corrected chi connectivity index (χ3v) is 8.87. The summed E-state index contributed by atoms with van der Waals surface area (Å²) in [5.41, 5.74) is 3.41. The van der Waals surface area contributed by atoms with Gasteiger partial charge in [0.05, 0.1) is 29.7 Å². The number of allylic oxidation sites excluding steroid dienone is 1. The molecule has 4 aliphatic carbocycles. The number of fused-ring (bicyclic) bond motifs is 4. The number of primary amides is 1. The van der Waals surface area contributed by atoms with Crippen molar-refractivity contribution in [3.8, 4) is 5.75 Å². The van der Waals surface area contributed by atoms with Gasteiger partial charge in [0.2, 0.25) is 5.78 Å². The number of hydrogen-bond acceptors (Lipinski definition) is 10. The normalized spacial score (nSPS) is 30.6. The van der Waals surface area contributed by atoms with E-state index >= 15 is 0 Å². The van der Waals surface area contributed by atoms with Gasteiger partial charge in [-0.15, -0.1) is 0 Å². The lowest BCUT2D eigenvalue weighted by Crippen LogP contribution is -2.70. The highest BCUT2D eigenvalue weighted by Gasteiger charge is 2.68. The first-order valence-corrected chi connectivity index (χ1v) is 13.0. The van der Waals surface area contributed by atoms with Crippen LogP contribution in [-0.2, 0) is 20.8 Å². The number of carbonyl (C=O) groups is 3. The molecule has 6 rings (SSSR count). The molecular formula is C30H28N2O9. The highest BCUT2D eigenvalue weighted by molar-refractivity contribution is 6.24. The molecule has 0 bridgehead atoms. The van der Waals surface area contributed by atoms with Crippen molar-refractivity contribution in [2.24, 2.45) is 17.6 Å². The van der Waals surface area contributed by atoms with Crippen molar-refractivity contribution in [3.05, 3.63) is 81.1 Å². The van der Waals surface area contributed by atoms with Crippen molar-refractivity contribution in [3.63, 3.8) is 0 Å². The quantitative estimate of drug-likeness (QED) is 0.260. The number of phenolic OH excluding ortho intramolecular Hbond substituents is 1. The Morgan fingerprint density at radius 2 is 1.73 bits per heavy atom. The molecule has 1 fully saturated rings. The second kappa shape index (κ2) is 8.85. The maximum atomic E-state index is 14.0. The molecule has 0 radical (unpaired) electrons. The van der Waals surface area contributed by atoms with E-state index in [0.29, 0.717) is 12.0 Å². The van der Waals surface area contributed by atoms with Crippen LogP contribution < -0.4 is 5.73 Å². The van der Waals surface area contributed by atoms with Gasteiger partial charge in [0.25, 0.3) is 5.91 Å². The maximum Gasteiger partial charge on any atom is 0.255 e. The topological polar surface area (TPSA) is 202 Å². The van der Waals surface area contributed by atoms with Crippen molar-refractivity contribution in [1.82, 2.24) is 4.90 Å². The first kappa shape index (κ1) is 26.9. The van der Waals surface area contributed by atoms with Crippen LogP contribution in [0.4, 0.5) is 0 Å². The number of ketones is 2. The number of aliphatic hydroxyl groups excluding tert-OH is 4. The second-order valence-corrected chi connectivity index (χ2v) is 11.2. The molecule has 8 N–H and O–H groups in total. The zero-order valence-corrected chi connectivity index (χ0v) is 22.1. The largest absolute Gasteiger partial charge is 0.508 e. The third kappa shape index (κ3) is 3.37. The lowest BCUT2D eigenvalue weighted by Gasteiger charge is -2.53. The van der Waals surface area contributed by atoms with Crippen molar-refractivity contribution in [1.29, 1.82) is 0 Å². The number of Topliss-reactive ketones (excluding diaryl/α,β-unsaturated/α-hetero) is 2. The van der Waals surface area contributed by atoms with Crippen LogP contribution in [0.3, 0.4) is 0 Å². The SMILES string of the molecule is CN(C)[C@H]1C(=O)C(C(N)=O)=C(O)[C@]2(O)C(=O)C3=C(O)c4c(ccc(C5=Cc6ccccc6C5)c4O)[C@@H](O)[C@@H]3[C@@H](O)[C@H]12. The minimum atomic E-state index is -3.05. The predicted octanol–water partition coefficient (Wildman–Crippen LogP) is 0.522. The highest BCUT2D eigenvalue weighted by atomic mass is 16.4. The third-order valence-electron chi connectivity index (χ3n) is 8.87. The monoisotopic (exact) mass is 560 g/mol. The smallest absolute Gasteiger partial charge is 0.255 e. The number of hydrogen-bond donors (Lipinski definition) is 7. The number of phenols is 1. The number of benzene rings is 2. The Bertz CT molecular complexity index is 1670. The zero-order chi connectivity index (χ0) is 29.7. The molecular weight excluding hydrogens is 532 g/mol.